The lowest BCUT2D eigenvalue weighted by Crippen LogP contribution is -2.17. The molecule has 0 heterocycles. The van der Waals surface area contributed by atoms with Crippen molar-refractivity contribution in [1.82, 2.24) is 0 Å². The number of aliphatic imine (C=N–C) groups is 1. The van der Waals surface area contributed by atoms with E-state index in [9.17, 15) is 4.79 Å². The average molecular weight is 205 g/mol. The number of hydrogen-bond acceptors (Lipinski definition) is 2. The van der Waals surface area contributed by atoms with Crippen molar-refractivity contribution < 1.29 is 9.90 Å². The molecule has 1 aromatic rings. The highest BCUT2D eigenvalue weighted by Crippen LogP contribution is 2.04. The van der Waals surface area contributed by atoms with Crippen LogP contribution in [0.5, 0.6) is 0 Å². The van der Waals surface area contributed by atoms with Crippen LogP contribution in [0.3, 0.4) is 0 Å². The molecule has 3 heteroatoms. The van der Waals surface area contributed by atoms with Gasteiger partial charge < -0.3 is 5.11 Å². The van der Waals surface area contributed by atoms with E-state index in [-0.39, 0.29) is 0 Å². The number of benzene rings is 1. The summed E-state index contributed by atoms with van der Waals surface area (Å²) in [6, 6.07) is 9.78. The lowest BCUT2D eigenvalue weighted by Gasteiger charge is -2.05. The third-order valence-corrected chi connectivity index (χ3v) is 2.35. The van der Waals surface area contributed by atoms with Crippen LogP contribution in [0.1, 0.15) is 19.4 Å². The molecule has 0 aliphatic heterocycles. The molecule has 0 fully saturated rings. The van der Waals surface area contributed by atoms with Gasteiger partial charge in [0.1, 0.15) is 0 Å². The lowest BCUT2D eigenvalue weighted by molar-refractivity contribution is -0.138. The summed E-state index contributed by atoms with van der Waals surface area (Å²) in [6.07, 6.45) is 0. The number of carbonyl (C=O) groups is 1. The van der Waals surface area contributed by atoms with Gasteiger partial charge in [0.2, 0.25) is 0 Å². The largest absolute Gasteiger partial charge is 0.481 e. The summed E-state index contributed by atoms with van der Waals surface area (Å²) in [5.74, 6) is -1.34. The molecule has 15 heavy (non-hydrogen) atoms. The Balaban J connectivity index is 2.62. The van der Waals surface area contributed by atoms with Gasteiger partial charge in [-0.05, 0) is 19.4 Å². The maximum absolute atomic E-state index is 10.7. The highest BCUT2D eigenvalue weighted by atomic mass is 16.4. The smallest absolute Gasteiger partial charge is 0.311 e. The van der Waals surface area contributed by atoms with Crippen LogP contribution in [0.15, 0.2) is 35.3 Å². The molecule has 0 spiro atoms. The number of aliphatic carboxylic acids is 1. The molecule has 0 bridgehead atoms. The summed E-state index contributed by atoms with van der Waals surface area (Å²) in [5.41, 5.74) is 1.75. The third-order valence-electron chi connectivity index (χ3n) is 2.35. The van der Waals surface area contributed by atoms with Gasteiger partial charge in [-0.25, -0.2) is 0 Å². The van der Waals surface area contributed by atoms with E-state index < -0.39 is 11.9 Å². The molecule has 1 unspecified atom stereocenters. The first-order valence-corrected chi connectivity index (χ1v) is 4.89. The zero-order chi connectivity index (χ0) is 11.3. The standard InChI is InChI=1S/C12H15NO2/c1-9(12(14)15)10(2)13-8-11-6-4-3-5-7-11/h3-7,9H,8H2,1-2H3,(H,14,15)/b13-10+. The van der Waals surface area contributed by atoms with E-state index in [0.717, 1.165) is 5.56 Å². The molecule has 0 aromatic heterocycles. The Morgan fingerprint density at radius 2 is 2.00 bits per heavy atom. The molecule has 1 rings (SSSR count). The third kappa shape index (κ3) is 3.54. The SMILES string of the molecule is C/C(=N\Cc1ccccc1)C(C)C(=O)O. The van der Waals surface area contributed by atoms with Crippen molar-refractivity contribution in [3.05, 3.63) is 35.9 Å². The summed E-state index contributed by atoms with van der Waals surface area (Å²) < 4.78 is 0. The van der Waals surface area contributed by atoms with Gasteiger partial charge in [0.25, 0.3) is 0 Å². The molecule has 80 valence electrons. The maximum atomic E-state index is 10.7. The Morgan fingerprint density at radius 3 is 2.53 bits per heavy atom. The molecule has 0 radical (unpaired) electrons. The monoisotopic (exact) mass is 205 g/mol. The zero-order valence-corrected chi connectivity index (χ0v) is 8.97. The molecule has 1 atom stereocenters. The quantitative estimate of drug-likeness (QED) is 0.767. The molecule has 0 aliphatic rings. The fourth-order valence-electron chi connectivity index (χ4n) is 1.12. The molecule has 1 N–H and O–H groups in total. The van der Waals surface area contributed by atoms with E-state index in [0.29, 0.717) is 12.3 Å². The van der Waals surface area contributed by atoms with E-state index in [1.165, 1.54) is 0 Å². The normalized spacial score (nSPS) is 13.6. The first kappa shape index (κ1) is 11.4. The molecular formula is C12H15NO2. The summed E-state index contributed by atoms with van der Waals surface area (Å²) in [7, 11) is 0. The summed E-state index contributed by atoms with van der Waals surface area (Å²) in [5, 5.41) is 8.77. The minimum atomic E-state index is -0.829. The fourth-order valence-corrected chi connectivity index (χ4v) is 1.12. The van der Waals surface area contributed by atoms with Gasteiger partial charge in [0.05, 0.1) is 12.5 Å². The molecule has 0 aliphatic carbocycles. The number of hydrogen-bond donors (Lipinski definition) is 1. The van der Waals surface area contributed by atoms with E-state index in [4.69, 9.17) is 5.11 Å². The van der Waals surface area contributed by atoms with Gasteiger partial charge in [-0.1, -0.05) is 30.3 Å². The van der Waals surface area contributed by atoms with Gasteiger partial charge in [-0.15, -0.1) is 0 Å². The second-order valence-electron chi connectivity index (χ2n) is 3.50. The highest BCUT2D eigenvalue weighted by Gasteiger charge is 2.13. The molecular weight excluding hydrogens is 190 g/mol. The number of nitrogens with zero attached hydrogens (tertiary/aromatic N) is 1. The Morgan fingerprint density at radius 1 is 1.40 bits per heavy atom. The Hall–Kier alpha value is -1.64. The van der Waals surface area contributed by atoms with Crippen molar-refractivity contribution in [1.29, 1.82) is 0 Å². The van der Waals surface area contributed by atoms with E-state index in [2.05, 4.69) is 4.99 Å². The van der Waals surface area contributed by atoms with E-state index in [1.807, 2.05) is 30.3 Å². The average Bonchev–Trinajstić information content (AvgIpc) is 2.26. The minimum Gasteiger partial charge on any atom is -0.481 e. The topological polar surface area (TPSA) is 49.7 Å². The molecule has 3 nitrogen and oxygen atoms in total. The van der Waals surface area contributed by atoms with Gasteiger partial charge in [-0.2, -0.15) is 0 Å². The van der Waals surface area contributed by atoms with Crippen molar-refractivity contribution in [2.75, 3.05) is 0 Å². The number of rotatable bonds is 4. The van der Waals surface area contributed by atoms with Crippen LogP contribution < -0.4 is 0 Å². The van der Waals surface area contributed by atoms with Crippen LogP contribution in [0.25, 0.3) is 0 Å². The van der Waals surface area contributed by atoms with Gasteiger partial charge in [0, 0.05) is 5.71 Å². The summed E-state index contributed by atoms with van der Waals surface area (Å²) in [4.78, 5) is 14.9. The summed E-state index contributed by atoms with van der Waals surface area (Å²) >= 11 is 0. The zero-order valence-electron chi connectivity index (χ0n) is 8.97. The van der Waals surface area contributed by atoms with Gasteiger partial charge in [-0.3, -0.25) is 9.79 Å². The fraction of sp³-hybridized carbons (Fsp3) is 0.333. The molecule has 0 saturated heterocycles. The van der Waals surface area contributed by atoms with Gasteiger partial charge >= 0.3 is 5.97 Å². The van der Waals surface area contributed by atoms with Crippen molar-refractivity contribution in [2.24, 2.45) is 10.9 Å². The lowest BCUT2D eigenvalue weighted by atomic mass is 10.1. The predicted molar refractivity (Wildman–Crippen MR) is 60.1 cm³/mol. The second kappa shape index (κ2) is 5.29. The van der Waals surface area contributed by atoms with Crippen molar-refractivity contribution in [3.8, 4) is 0 Å². The molecule has 1 aromatic carbocycles. The summed E-state index contributed by atoms with van der Waals surface area (Å²) in [6.45, 7) is 3.94. The maximum Gasteiger partial charge on any atom is 0.311 e. The predicted octanol–water partition coefficient (Wildman–Crippen LogP) is 2.37. The van der Waals surface area contributed by atoms with Crippen molar-refractivity contribution in [2.45, 2.75) is 20.4 Å². The van der Waals surface area contributed by atoms with Crippen LogP contribution in [-0.2, 0) is 11.3 Å². The highest BCUT2D eigenvalue weighted by molar-refractivity contribution is 5.99. The van der Waals surface area contributed by atoms with Crippen LogP contribution in [0.4, 0.5) is 0 Å². The first-order valence-electron chi connectivity index (χ1n) is 4.89. The van der Waals surface area contributed by atoms with Crippen LogP contribution in [0, 0.1) is 5.92 Å². The van der Waals surface area contributed by atoms with E-state index in [1.54, 1.807) is 13.8 Å². The second-order valence-corrected chi connectivity index (χ2v) is 3.50. The van der Waals surface area contributed by atoms with Crippen molar-refractivity contribution >= 4 is 11.7 Å². The van der Waals surface area contributed by atoms with E-state index >= 15 is 0 Å². The molecule has 0 amide bonds. The van der Waals surface area contributed by atoms with Crippen molar-refractivity contribution in [3.63, 3.8) is 0 Å². The minimum absolute atomic E-state index is 0.506. The molecule has 0 saturated carbocycles. The van der Waals surface area contributed by atoms with Crippen LogP contribution in [0.2, 0.25) is 0 Å². The van der Waals surface area contributed by atoms with Crippen LogP contribution in [-0.4, -0.2) is 16.8 Å². The van der Waals surface area contributed by atoms with Crippen LogP contribution >= 0.6 is 0 Å². The Bertz CT molecular complexity index is 357. The number of carboxylic acids is 1. The Labute approximate surface area is 89.5 Å². The van der Waals surface area contributed by atoms with Gasteiger partial charge in [0.15, 0.2) is 0 Å². The first-order chi connectivity index (χ1) is 7.11. The Kier molecular flexibility index (Phi) is 4.03. The number of carboxylic acid groups (broad SMARTS) is 1.